The number of quaternary nitrogens is 2. The van der Waals surface area contributed by atoms with E-state index in [1.165, 1.54) is 116 Å². The van der Waals surface area contributed by atoms with E-state index in [9.17, 15) is 87.6 Å². The first-order valence-corrected chi connectivity index (χ1v) is 44.9. The van der Waals surface area contributed by atoms with Crippen LogP contribution >= 0.6 is 50.0 Å². The zero-order valence-electron chi connectivity index (χ0n) is 68.8. The zero-order valence-corrected chi connectivity index (χ0v) is 72.8. The van der Waals surface area contributed by atoms with Crippen LogP contribution in [0.25, 0.3) is 111 Å². The maximum absolute atomic E-state index is 13.5. The van der Waals surface area contributed by atoms with Crippen molar-refractivity contribution in [3.63, 3.8) is 0 Å². The van der Waals surface area contributed by atoms with Crippen molar-refractivity contribution >= 4 is 134 Å². The van der Waals surface area contributed by atoms with Crippen LogP contribution in [0.3, 0.4) is 0 Å². The van der Waals surface area contributed by atoms with Gasteiger partial charge in [-0.05, 0) is 202 Å². The molecule has 0 amide bonds. The van der Waals surface area contributed by atoms with Crippen LogP contribution in [0, 0.1) is 11.8 Å². The Labute approximate surface area is 730 Å². The lowest BCUT2D eigenvalue weighted by Crippen LogP contribution is -2.50. The van der Waals surface area contributed by atoms with E-state index in [1.54, 1.807) is 58.0 Å². The van der Waals surface area contributed by atoms with Crippen molar-refractivity contribution in [3.05, 3.63) is 236 Å². The van der Waals surface area contributed by atoms with Gasteiger partial charge in [-0.1, -0.05) is 86.8 Å². The second-order valence-electron chi connectivity index (χ2n) is 31.4. The molecule has 2 unspecified atom stereocenters. The fourth-order valence-electron chi connectivity index (χ4n) is 15.9. The first kappa shape index (κ1) is 91.2. The normalized spacial score (nSPS) is 13.5. The number of hydrogen-bond donors (Lipinski definition) is 8. The molecule has 0 radical (unpaired) electrons. The number of nitrogens with zero attached hydrogens (tertiary/aromatic N) is 1. The van der Waals surface area contributed by atoms with Gasteiger partial charge in [-0.3, -0.25) is 28.5 Å². The van der Waals surface area contributed by atoms with Crippen molar-refractivity contribution in [1.82, 2.24) is 0 Å². The molecule has 648 valence electrons. The molecule has 0 spiro atoms. The number of benzene rings is 10. The van der Waals surface area contributed by atoms with Crippen molar-refractivity contribution in [1.29, 1.82) is 0 Å². The van der Waals surface area contributed by atoms with E-state index in [1.807, 2.05) is 6.07 Å². The molecule has 5 heterocycles. The Morgan fingerprint density at radius 2 is 1.19 bits per heavy atom. The van der Waals surface area contributed by atoms with E-state index in [2.05, 4.69) is 16.4 Å². The van der Waals surface area contributed by atoms with Gasteiger partial charge in [0.1, 0.15) is 55.8 Å². The molecule has 26 nitrogen and oxygen atoms in total. The molecule has 3 aliphatic carbocycles. The van der Waals surface area contributed by atoms with Crippen molar-refractivity contribution in [2.75, 3.05) is 44.3 Å². The number of aromatic hydroxyl groups is 2. The van der Waals surface area contributed by atoms with Gasteiger partial charge in [0.25, 0.3) is 0 Å². The number of carboxylic acids is 3. The van der Waals surface area contributed by atoms with Crippen LogP contribution in [-0.2, 0) is 53.4 Å². The van der Waals surface area contributed by atoms with Crippen LogP contribution in [0.4, 0.5) is 5.69 Å². The number of phenolic OH excluding ortho intramolecular Hbond substituents is 2. The number of unbranched alkanes of at least 4 members (excludes halogenated alkanes) is 2. The summed E-state index contributed by atoms with van der Waals surface area (Å²) in [6.07, 6.45) is 6.45. The molecule has 8 aliphatic rings. The fraction of sp³-hybridized carbons (Fsp3) is 0.266. The molecular weight excluding hydrogens is 1710 g/mol. The Morgan fingerprint density at radius 3 is 1.86 bits per heavy atom. The third kappa shape index (κ3) is 19.1. The number of hydrogen-bond acceptors (Lipinski definition) is 20. The second-order valence-corrected chi connectivity index (χ2v) is 36.2. The maximum Gasteiger partial charge on any atom is 0.358 e. The Bertz CT molecular complexity index is 6690. The number of carboxylic acid groups (broad SMARTS) is 3. The van der Waals surface area contributed by atoms with E-state index in [0.717, 1.165) is 55.6 Å². The summed E-state index contributed by atoms with van der Waals surface area (Å²) in [5.41, 5.74) is 14.6. The molecule has 0 bridgehead atoms. The molecule has 7 aromatic rings. The molecule has 125 heavy (non-hydrogen) atoms. The van der Waals surface area contributed by atoms with E-state index in [-0.39, 0.29) is 178 Å². The predicted octanol–water partition coefficient (Wildman–Crippen LogP) is 16.1. The minimum absolute atomic E-state index is 0.0118. The van der Waals surface area contributed by atoms with Crippen molar-refractivity contribution < 1.29 is 107 Å². The SMILES string of the molecule is CC(=O)CCc1cc2c(-c3cc(P(=O)([O-])OCCCC[NH3+])ccc3C(=O)O)c3cc4c5c(c3oc-2c(Cl)c1=O)CCCN5CCC4.CC(C)C(=O)CCc1cc2c(-c3c(Cl)cccc3C(=O)O)c3cc(-c4ccc(P(=O)(O)OCCCC[NH3+])cc4)c(=O)cc-3oc2c(Cl)c1O.CC(C)C(=O)c1ccc(C(=O)O)c(-c2c3ccc(=O)cc-3oc3cc(O)ccc23)c1. The number of aromatic carboxylic acids is 3. The smallest absolute Gasteiger partial charge is 0.358 e. The quantitative estimate of drug-likeness (QED) is 0.00977. The number of halogens is 3. The maximum atomic E-state index is 13.5. The minimum Gasteiger partial charge on any atom is -0.775 e. The van der Waals surface area contributed by atoms with Gasteiger partial charge >= 0.3 is 25.5 Å². The summed E-state index contributed by atoms with van der Waals surface area (Å²) >= 11 is 20.1. The lowest BCUT2D eigenvalue weighted by Gasteiger charge is -2.37. The molecule has 2 atom stereocenters. The number of rotatable bonds is 28. The number of carbonyl (C=O) groups excluding carboxylic acids is 3. The topological polar surface area (TPSA) is 449 Å². The summed E-state index contributed by atoms with van der Waals surface area (Å²) in [7, 11) is -8.70. The molecule has 0 saturated heterocycles. The first-order valence-electron chi connectivity index (χ1n) is 40.7. The highest BCUT2D eigenvalue weighted by Crippen LogP contribution is 2.53. The van der Waals surface area contributed by atoms with Gasteiger partial charge in [-0.25, -0.2) is 14.4 Å². The fourth-order valence-corrected chi connectivity index (χ4v) is 18.9. The summed E-state index contributed by atoms with van der Waals surface area (Å²) in [4.78, 5) is 139. The summed E-state index contributed by atoms with van der Waals surface area (Å²) in [5, 5.41) is 52.4. The summed E-state index contributed by atoms with van der Waals surface area (Å²) in [6, 6.07) is 35.3. The average Bonchev–Trinajstić information content (AvgIpc) is 0.716. The molecule has 31 heteroatoms. The van der Waals surface area contributed by atoms with Crippen LogP contribution in [-0.4, -0.2) is 105 Å². The summed E-state index contributed by atoms with van der Waals surface area (Å²) < 4.78 is 55.3. The number of carbonyl (C=O) groups is 6. The Morgan fingerprint density at radius 1 is 0.560 bits per heavy atom. The van der Waals surface area contributed by atoms with Crippen LogP contribution in [0.5, 0.6) is 11.5 Å². The van der Waals surface area contributed by atoms with E-state index in [0.29, 0.717) is 116 Å². The van der Waals surface area contributed by atoms with Crippen LogP contribution < -0.4 is 48.2 Å². The first-order chi connectivity index (χ1) is 59.5. The highest BCUT2D eigenvalue weighted by atomic mass is 35.5. The average molecular weight is 1800 g/mol. The minimum atomic E-state index is -4.59. The van der Waals surface area contributed by atoms with Gasteiger partial charge in [0.2, 0.25) is 5.43 Å². The van der Waals surface area contributed by atoms with Crippen LogP contribution in [0.15, 0.2) is 173 Å². The molecule has 0 aromatic heterocycles. The molecule has 7 aromatic carbocycles. The van der Waals surface area contributed by atoms with Crippen molar-refractivity contribution in [2.45, 2.75) is 112 Å². The van der Waals surface area contributed by atoms with Crippen LogP contribution in [0.1, 0.15) is 150 Å². The molecule has 5 aliphatic heterocycles. The van der Waals surface area contributed by atoms with Gasteiger partial charge in [-0.2, -0.15) is 0 Å². The highest BCUT2D eigenvalue weighted by Gasteiger charge is 2.35. The third-order valence-corrected chi connectivity index (χ3v) is 26.2. The lowest BCUT2D eigenvalue weighted by atomic mass is 9.84. The van der Waals surface area contributed by atoms with Gasteiger partial charge in [0, 0.05) is 149 Å². The van der Waals surface area contributed by atoms with Gasteiger partial charge in [0.15, 0.2) is 35.6 Å². The van der Waals surface area contributed by atoms with Crippen molar-refractivity contribution in [2.24, 2.45) is 11.8 Å². The number of fused-ring (bicyclic) bond motifs is 7. The standard InChI is InChI=1S/C36H34Cl2NO9P.C34H36ClN2O8P.C24H18O6/c1-19(2)28(40)13-10-21-16-26-31(32-23(36(43)44)6-5-7-27(32)37)25-17-24(29(41)18-30(25)48-35(26)33(38)34(21)42)20-8-11-22(12-9-20)49(45,46)47-15-4-3-14-39;1-19(38)8-9-21-17-27-28(25-18-22(10-11-23(25)34(40)41)46(42,43)44-15-3-2-12-36)26-16-20-6-4-13-37-14-5-7-24(30(20)37)32(26)45-33(27)29(35)31(21)39;1-12(2)23(27)13-3-6-16(24(28)29)19(9-13)22-17-7-4-14(25)10-20(17)30-21-11-15(26)5-8-18(21)22/h5-9,11-12,16-19,42H,3-4,10,13-15,39H2,1-2H3,(H,43,44)(H,45,46);10-11,16-18H,2-9,12-15,36H2,1H3,(H,40,41)(H,42,43);3-12,25H,1-2H3,(H,28,29)/p+1. The van der Waals surface area contributed by atoms with E-state index >= 15 is 0 Å². The predicted molar refractivity (Wildman–Crippen MR) is 476 cm³/mol. The lowest BCUT2D eigenvalue weighted by molar-refractivity contribution is -0.369. The summed E-state index contributed by atoms with van der Waals surface area (Å²) in [5.74, 6) is -4.31. The zero-order chi connectivity index (χ0) is 89.9. The summed E-state index contributed by atoms with van der Waals surface area (Å²) in [6.45, 7) is 11.8. The Balaban J connectivity index is 0.000000165. The highest BCUT2D eigenvalue weighted by molar-refractivity contribution is 7.61. The molecule has 0 saturated carbocycles. The monoisotopic (exact) mass is 1790 g/mol. The Hall–Kier alpha value is -11.5. The van der Waals surface area contributed by atoms with Gasteiger partial charge in [0.05, 0.1) is 48.3 Å². The van der Waals surface area contributed by atoms with E-state index < -0.39 is 44.0 Å². The Kier molecular flexibility index (Phi) is 27.8. The van der Waals surface area contributed by atoms with Gasteiger partial charge < -0.3 is 83.3 Å². The van der Waals surface area contributed by atoms with Gasteiger partial charge in [-0.15, -0.1) is 0 Å². The molecule has 15 rings (SSSR count). The van der Waals surface area contributed by atoms with Crippen LogP contribution in [0.2, 0.25) is 15.1 Å². The van der Waals surface area contributed by atoms with Crippen molar-refractivity contribution in [3.8, 4) is 90.0 Å². The number of aryl methyl sites for hydroxylation is 4. The largest absolute Gasteiger partial charge is 0.775 e. The third-order valence-electron chi connectivity index (χ3n) is 22.2. The number of Topliss-reactive ketones (excluding diaryl/α,β-unsaturated/α-hetero) is 3. The number of phenols is 2. The second kappa shape index (κ2) is 38.2. The number of ketones is 3. The molecule has 12 N–H and O–H groups in total. The van der Waals surface area contributed by atoms with E-state index in [4.69, 9.17) is 57.1 Å². The molecule has 0 fully saturated rings. The molecular formula is C94H89Cl3N3O23P2+. The number of anilines is 1.